The molecule has 1 fully saturated rings. The summed E-state index contributed by atoms with van der Waals surface area (Å²) >= 11 is 0. The van der Waals surface area contributed by atoms with Gasteiger partial charge in [-0.1, -0.05) is 12.8 Å². The molecule has 1 aromatic heterocycles. The van der Waals surface area contributed by atoms with E-state index in [1.807, 2.05) is 0 Å². The average Bonchev–Trinajstić information content (AvgIpc) is 2.75. The minimum absolute atomic E-state index is 0.0528. The van der Waals surface area contributed by atoms with Gasteiger partial charge < -0.3 is 10.1 Å². The maximum atomic E-state index is 10.4. The van der Waals surface area contributed by atoms with Gasteiger partial charge in [-0.15, -0.1) is 0 Å². The zero-order valence-corrected chi connectivity index (χ0v) is 7.93. The Morgan fingerprint density at radius 2 is 2.29 bits per heavy atom. The van der Waals surface area contributed by atoms with Crippen molar-refractivity contribution in [3.05, 3.63) is 22.4 Å². The van der Waals surface area contributed by atoms with Crippen LogP contribution in [-0.2, 0) is 6.54 Å². The summed E-state index contributed by atoms with van der Waals surface area (Å²) < 4.78 is 1.69. The Labute approximate surface area is 81.9 Å². The van der Waals surface area contributed by atoms with E-state index in [1.54, 1.807) is 10.9 Å². The van der Waals surface area contributed by atoms with Gasteiger partial charge in [-0.25, -0.2) is 0 Å². The Kier molecular flexibility index (Phi) is 2.47. The highest BCUT2D eigenvalue weighted by molar-refractivity contribution is 5.13. The van der Waals surface area contributed by atoms with Crippen LogP contribution in [-0.4, -0.2) is 14.7 Å². The van der Waals surface area contributed by atoms with E-state index in [2.05, 4.69) is 5.10 Å². The Morgan fingerprint density at radius 1 is 1.57 bits per heavy atom. The molecule has 0 unspecified atom stereocenters. The highest BCUT2D eigenvalue weighted by atomic mass is 16.6. The zero-order valence-electron chi connectivity index (χ0n) is 7.93. The SMILES string of the molecule is O=[N+]([O-])c1ccn(CC2CCCC2)n1. The van der Waals surface area contributed by atoms with Gasteiger partial charge in [0.25, 0.3) is 0 Å². The number of nitrogens with zero attached hydrogens (tertiary/aromatic N) is 3. The molecule has 1 aliphatic rings. The molecular formula is C9H13N3O2. The van der Waals surface area contributed by atoms with E-state index in [0.717, 1.165) is 6.54 Å². The van der Waals surface area contributed by atoms with Gasteiger partial charge in [-0.3, -0.25) is 0 Å². The topological polar surface area (TPSA) is 61.0 Å². The summed E-state index contributed by atoms with van der Waals surface area (Å²) in [4.78, 5) is 9.93. The quantitative estimate of drug-likeness (QED) is 0.547. The molecule has 1 aromatic rings. The fraction of sp³-hybridized carbons (Fsp3) is 0.667. The molecule has 0 aromatic carbocycles. The predicted molar refractivity (Wildman–Crippen MR) is 50.8 cm³/mol. The van der Waals surface area contributed by atoms with Crippen molar-refractivity contribution in [2.24, 2.45) is 5.92 Å². The second kappa shape index (κ2) is 3.77. The van der Waals surface area contributed by atoms with Gasteiger partial charge in [0, 0.05) is 0 Å². The molecule has 0 aliphatic heterocycles. The maximum absolute atomic E-state index is 10.4. The molecule has 0 spiro atoms. The van der Waals surface area contributed by atoms with Crippen molar-refractivity contribution in [1.82, 2.24) is 9.78 Å². The van der Waals surface area contributed by atoms with Gasteiger partial charge in [0.15, 0.2) is 0 Å². The molecule has 1 saturated carbocycles. The molecule has 0 saturated heterocycles. The number of aromatic nitrogens is 2. The van der Waals surface area contributed by atoms with Gasteiger partial charge in [0.05, 0.1) is 23.9 Å². The molecule has 0 radical (unpaired) electrons. The summed E-state index contributed by atoms with van der Waals surface area (Å²) in [5, 5.41) is 14.3. The third-order valence-electron chi connectivity index (χ3n) is 2.73. The first-order valence-electron chi connectivity index (χ1n) is 4.93. The molecule has 1 aliphatic carbocycles. The van der Waals surface area contributed by atoms with Crippen LogP contribution in [0.4, 0.5) is 5.82 Å². The third kappa shape index (κ3) is 1.92. The molecule has 1 heterocycles. The third-order valence-corrected chi connectivity index (χ3v) is 2.73. The van der Waals surface area contributed by atoms with E-state index >= 15 is 0 Å². The standard InChI is InChI=1S/C9H13N3O2/c13-12(14)9-5-6-11(10-9)7-8-3-1-2-4-8/h5-6,8H,1-4,7H2. The van der Waals surface area contributed by atoms with Crippen molar-refractivity contribution < 1.29 is 4.92 Å². The molecule has 5 nitrogen and oxygen atoms in total. The van der Waals surface area contributed by atoms with Gasteiger partial charge in [-0.2, -0.15) is 4.68 Å². The van der Waals surface area contributed by atoms with Crippen LogP contribution >= 0.6 is 0 Å². The summed E-state index contributed by atoms with van der Waals surface area (Å²) in [7, 11) is 0. The van der Waals surface area contributed by atoms with Crippen LogP contribution in [0.1, 0.15) is 25.7 Å². The monoisotopic (exact) mass is 195 g/mol. The lowest BCUT2D eigenvalue weighted by molar-refractivity contribution is -0.389. The molecular weight excluding hydrogens is 182 g/mol. The van der Waals surface area contributed by atoms with Crippen molar-refractivity contribution in [1.29, 1.82) is 0 Å². The van der Waals surface area contributed by atoms with Crippen molar-refractivity contribution in [2.75, 3.05) is 0 Å². The minimum Gasteiger partial charge on any atom is -0.358 e. The lowest BCUT2D eigenvalue weighted by Gasteiger charge is -2.04. The van der Waals surface area contributed by atoms with Crippen molar-refractivity contribution in [3.8, 4) is 0 Å². The normalized spacial score (nSPS) is 17.4. The highest BCUT2D eigenvalue weighted by Gasteiger charge is 2.18. The van der Waals surface area contributed by atoms with Crippen molar-refractivity contribution in [3.63, 3.8) is 0 Å². The van der Waals surface area contributed by atoms with E-state index in [4.69, 9.17) is 0 Å². The summed E-state index contributed by atoms with van der Waals surface area (Å²) in [6.45, 7) is 0.827. The van der Waals surface area contributed by atoms with Crippen LogP contribution in [0.2, 0.25) is 0 Å². The van der Waals surface area contributed by atoms with E-state index in [1.165, 1.54) is 31.7 Å². The first kappa shape index (κ1) is 9.18. The maximum Gasteiger partial charge on any atom is 0.389 e. The fourth-order valence-corrected chi connectivity index (χ4v) is 2.01. The average molecular weight is 195 g/mol. The summed E-state index contributed by atoms with van der Waals surface area (Å²) in [6.07, 6.45) is 6.72. The largest absolute Gasteiger partial charge is 0.389 e. The molecule has 0 atom stereocenters. The molecule has 0 N–H and O–H groups in total. The number of hydrogen-bond acceptors (Lipinski definition) is 3. The van der Waals surface area contributed by atoms with Gasteiger partial charge >= 0.3 is 5.82 Å². The van der Waals surface area contributed by atoms with Crippen molar-refractivity contribution in [2.45, 2.75) is 32.2 Å². The molecule has 76 valence electrons. The van der Waals surface area contributed by atoms with Gasteiger partial charge in [-0.05, 0) is 23.7 Å². The highest BCUT2D eigenvalue weighted by Crippen LogP contribution is 2.26. The lowest BCUT2D eigenvalue weighted by Crippen LogP contribution is -2.08. The van der Waals surface area contributed by atoms with E-state index in [-0.39, 0.29) is 5.82 Å². The smallest absolute Gasteiger partial charge is 0.358 e. The van der Waals surface area contributed by atoms with Crippen LogP contribution in [0.25, 0.3) is 0 Å². The van der Waals surface area contributed by atoms with E-state index < -0.39 is 4.92 Å². The summed E-state index contributed by atoms with van der Waals surface area (Å²) in [5.74, 6) is 0.609. The van der Waals surface area contributed by atoms with Crippen LogP contribution in [0.5, 0.6) is 0 Å². The molecule has 14 heavy (non-hydrogen) atoms. The summed E-state index contributed by atoms with van der Waals surface area (Å²) in [6, 6.07) is 1.45. The molecule has 0 amide bonds. The number of nitro groups is 1. The van der Waals surface area contributed by atoms with Crippen molar-refractivity contribution >= 4 is 5.82 Å². The fourth-order valence-electron chi connectivity index (χ4n) is 2.01. The van der Waals surface area contributed by atoms with E-state index in [9.17, 15) is 10.1 Å². The van der Waals surface area contributed by atoms with Crippen LogP contribution in [0.15, 0.2) is 12.3 Å². The second-order valence-electron chi connectivity index (χ2n) is 3.80. The second-order valence-corrected chi connectivity index (χ2v) is 3.80. The first-order chi connectivity index (χ1) is 6.75. The number of hydrogen-bond donors (Lipinski definition) is 0. The summed E-state index contributed by atoms with van der Waals surface area (Å²) in [5.41, 5.74) is 0. The number of rotatable bonds is 3. The Bertz CT molecular complexity index is 329. The van der Waals surface area contributed by atoms with Gasteiger partial charge in [0.2, 0.25) is 0 Å². The molecule has 0 bridgehead atoms. The predicted octanol–water partition coefficient (Wildman–Crippen LogP) is 1.98. The Morgan fingerprint density at radius 3 is 2.86 bits per heavy atom. The first-order valence-corrected chi connectivity index (χ1v) is 4.93. The van der Waals surface area contributed by atoms with Crippen LogP contribution < -0.4 is 0 Å². The molecule has 5 heteroatoms. The Hall–Kier alpha value is -1.39. The minimum atomic E-state index is -0.453. The zero-order chi connectivity index (χ0) is 9.97. The van der Waals surface area contributed by atoms with E-state index in [0.29, 0.717) is 5.92 Å². The Balaban J connectivity index is 1.98. The lowest BCUT2D eigenvalue weighted by atomic mass is 10.1. The molecule has 2 rings (SSSR count). The van der Waals surface area contributed by atoms with Gasteiger partial charge in [0.1, 0.15) is 0 Å². The van der Waals surface area contributed by atoms with Crippen LogP contribution in [0, 0.1) is 16.0 Å². The van der Waals surface area contributed by atoms with Crippen LogP contribution in [0.3, 0.4) is 0 Å².